The zero-order valence-electron chi connectivity index (χ0n) is 21.5. The molecule has 8 heteroatoms. The highest BCUT2D eigenvalue weighted by atomic mass is 35.5. The van der Waals surface area contributed by atoms with Gasteiger partial charge in [0, 0.05) is 19.6 Å². The summed E-state index contributed by atoms with van der Waals surface area (Å²) < 4.78 is 5.32. The molecular formula is C30H30ClN3O4. The van der Waals surface area contributed by atoms with Crippen LogP contribution in [0.2, 0.25) is 5.02 Å². The van der Waals surface area contributed by atoms with Crippen LogP contribution in [0.4, 0.5) is 10.5 Å². The minimum absolute atomic E-state index is 0.194. The molecule has 2 aliphatic rings. The van der Waals surface area contributed by atoms with E-state index in [1.54, 1.807) is 35.8 Å². The minimum atomic E-state index is -1.06. The van der Waals surface area contributed by atoms with Crippen molar-refractivity contribution in [2.24, 2.45) is 0 Å². The Labute approximate surface area is 227 Å². The van der Waals surface area contributed by atoms with E-state index in [-0.39, 0.29) is 16.8 Å². The lowest BCUT2D eigenvalue weighted by Crippen LogP contribution is -2.43. The van der Waals surface area contributed by atoms with Crippen LogP contribution in [-0.4, -0.2) is 59.5 Å². The van der Waals surface area contributed by atoms with Gasteiger partial charge in [-0.15, -0.1) is 0 Å². The van der Waals surface area contributed by atoms with Crippen LogP contribution in [0, 0.1) is 0 Å². The molecule has 2 heterocycles. The molecule has 0 atom stereocenters. The van der Waals surface area contributed by atoms with Gasteiger partial charge in [0.2, 0.25) is 0 Å². The van der Waals surface area contributed by atoms with Crippen molar-refractivity contribution in [2.75, 3.05) is 31.2 Å². The number of rotatable bonds is 6. The number of imide groups is 1. The van der Waals surface area contributed by atoms with Crippen LogP contribution in [0.5, 0.6) is 0 Å². The minimum Gasteiger partial charge on any atom is -0.378 e. The third kappa shape index (κ3) is 4.91. The lowest BCUT2D eigenvalue weighted by atomic mass is 9.97. The summed E-state index contributed by atoms with van der Waals surface area (Å²) in [6.07, 6.45) is 0.728. The summed E-state index contributed by atoms with van der Waals surface area (Å²) in [6.45, 7) is 5.76. The van der Waals surface area contributed by atoms with E-state index in [0.717, 1.165) is 22.4 Å². The molecule has 0 N–H and O–H groups in total. The Morgan fingerprint density at radius 3 is 2.26 bits per heavy atom. The molecule has 3 aromatic carbocycles. The Hall–Kier alpha value is -3.68. The molecule has 0 bridgehead atoms. The molecule has 5 rings (SSSR count). The zero-order valence-corrected chi connectivity index (χ0v) is 22.3. The van der Waals surface area contributed by atoms with E-state index in [9.17, 15) is 14.4 Å². The fourth-order valence-corrected chi connectivity index (χ4v) is 5.21. The highest BCUT2D eigenvalue weighted by molar-refractivity contribution is 6.34. The van der Waals surface area contributed by atoms with Gasteiger partial charge in [-0.1, -0.05) is 66.2 Å². The van der Waals surface area contributed by atoms with Gasteiger partial charge in [-0.05, 0) is 55.2 Å². The van der Waals surface area contributed by atoms with Crippen LogP contribution in [0.25, 0.3) is 0 Å². The summed E-state index contributed by atoms with van der Waals surface area (Å²) in [5, 5.41) is 0.198. The molecular weight excluding hydrogens is 502 g/mol. The Morgan fingerprint density at radius 2 is 1.58 bits per heavy atom. The topological polar surface area (TPSA) is 70.2 Å². The second-order valence-electron chi connectivity index (χ2n) is 10.1. The summed E-state index contributed by atoms with van der Waals surface area (Å²) in [6, 6.07) is 22.4. The average Bonchev–Trinajstić information content (AvgIpc) is 3.09. The van der Waals surface area contributed by atoms with E-state index < -0.39 is 11.6 Å². The van der Waals surface area contributed by atoms with Gasteiger partial charge in [-0.3, -0.25) is 9.59 Å². The van der Waals surface area contributed by atoms with Gasteiger partial charge >= 0.3 is 6.03 Å². The molecule has 2 fully saturated rings. The van der Waals surface area contributed by atoms with Gasteiger partial charge < -0.3 is 14.5 Å². The molecule has 0 saturated carbocycles. The van der Waals surface area contributed by atoms with Crippen molar-refractivity contribution in [1.82, 2.24) is 9.80 Å². The second-order valence-corrected chi connectivity index (χ2v) is 10.5. The van der Waals surface area contributed by atoms with Crippen LogP contribution in [0.15, 0.2) is 72.8 Å². The first-order valence-electron chi connectivity index (χ1n) is 12.7. The van der Waals surface area contributed by atoms with Gasteiger partial charge in [0.1, 0.15) is 5.54 Å². The SMILES string of the molecule is CC1(C)C(=O)N(c2ccc(C(=O)N3CCOCC3)c(Cl)c2)C(=O)N1Cc1ccccc1Cc1ccccc1. The molecule has 0 unspecified atom stereocenters. The van der Waals surface area contributed by atoms with E-state index in [1.165, 1.54) is 11.6 Å². The van der Waals surface area contributed by atoms with Crippen LogP contribution in [0.1, 0.15) is 40.9 Å². The van der Waals surface area contributed by atoms with Crippen molar-refractivity contribution >= 4 is 35.1 Å². The highest BCUT2D eigenvalue weighted by Gasteiger charge is 2.52. The number of hydrogen-bond donors (Lipinski definition) is 0. The smallest absolute Gasteiger partial charge is 0.332 e. The van der Waals surface area contributed by atoms with Gasteiger partial charge in [0.25, 0.3) is 11.8 Å². The van der Waals surface area contributed by atoms with Crippen LogP contribution in [-0.2, 0) is 22.5 Å². The van der Waals surface area contributed by atoms with Crippen LogP contribution >= 0.6 is 11.6 Å². The maximum absolute atomic E-state index is 13.7. The van der Waals surface area contributed by atoms with Crippen molar-refractivity contribution in [2.45, 2.75) is 32.4 Å². The predicted molar refractivity (Wildman–Crippen MR) is 146 cm³/mol. The van der Waals surface area contributed by atoms with Gasteiger partial charge in [-0.2, -0.15) is 0 Å². The zero-order chi connectivity index (χ0) is 26.9. The molecule has 38 heavy (non-hydrogen) atoms. The number of carbonyl (C=O) groups excluding carboxylic acids is 3. The molecule has 4 amide bonds. The highest BCUT2D eigenvalue weighted by Crippen LogP contribution is 2.35. The van der Waals surface area contributed by atoms with E-state index in [2.05, 4.69) is 18.2 Å². The first-order chi connectivity index (χ1) is 18.3. The second kappa shape index (κ2) is 10.6. The van der Waals surface area contributed by atoms with Crippen LogP contribution < -0.4 is 4.90 Å². The normalized spacial score (nSPS) is 17.3. The third-order valence-electron chi connectivity index (χ3n) is 7.25. The number of nitrogens with zero attached hydrogens (tertiary/aromatic N) is 3. The summed E-state index contributed by atoms with van der Waals surface area (Å²) >= 11 is 6.51. The fourth-order valence-electron chi connectivity index (χ4n) is 4.95. The molecule has 0 radical (unpaired) electrons. The predicted octanol–water partition coefficient (Wildman–Crippen LogP) is 5.15. The fraction of sp³-hybridized carbons (Fsp3) is 0.300. The Morgan fingerprint density at radius 1 is 0.921 bits per heavy atom. The molecule has 0 spiro atoms. The van der Waals surface area contributed by atoms with Gasteiger partial charge in [-0.25, -0.2) is 9.69 Å². The third-order valence-corrected chi connectivity index (χ3v) is 7.56. The Bertz CT molecular complexity index is 1370. The maximum Gasteiger partial charge on any atom is 0.332 e. The molecule has 0 aromatic heterocycles. The summed E-state index contributed by atoms with van der Waals surface area (Å²) in [7, 11) is 0. The number of benzene rings is 3. The lowest BCUT2D eigenvalue weighted by Gasteiger charge is -2.28. The number of morpholine rings is 1. The van der Waals surface area contributed by atoms with Crippen molar-refractivity contribution in [3.8, 4) is 0 Å². The van der Waals surface area contributed by atoms with E-state index >= 15 is 0 Å². The van der Waals surface area contributed by atoms with E-state index in [4.69, 9.17) is 16.3 Å². The molecule has 3 aromatic rings. The quantitative estimate of drug-likeness (QED) is 0.412. The van der Waals surface area contributed by atoms with Gasteiger partial charge in [0.05, 0.1) is 29.5 Å². The van der Waals surface area contributed by atoms with Crippen LogP contribution in [0.3, 0.4) is 0 Å². The van der Waals surface area contributed by atoms with Crippen molar-refractivity contribution in [1.29, 1.82) is 0 Å². The number of ether oxygens (including phenoxy) is 1. The maximum atomic E-state index is 13.7. The Kier molecular flexibility index (Phi) is 7.23. The number of urea groups is 1. The largest absolute Gasteiger partial charge is 0.378 e. The number of amides is 4. The summed E-state index contributed by atoms with van der Waals surface area (Å²) in [4.78, 5) is 44.6. The number of carbonyl (C=O) groups is 3. The Balaban J connectivity index is 1.39. The summed E-state index contributed by atoms with van der Waals surface area (Å²) in [5.41, 5.74) is 2.87. The molecule has 0 aliphatic carbocycles. The van der Waals surface area contributed by atoms with Crippen molar-refractivity contribution in [3.05, 3.63) is 100 Å². The van der Waals surface area contributed by atoms with E-state index in [1.807, 2.05) is 36.4 Å². The number of halogens is 1. The number of anilines is 1. The van der Waals surface area contributed by atoms with Crippen molar-refractivity contribution < 1.29 is 19.1 Å². The summed E-state index contributed by atoms with van der Waals surface area (Å²) in [5.74, 6) is -0.535. The van der Waals surface area contributed by atoms with E-state index in [0.29, 0.717) is 44.1 Å². The first kappa shape index (κ1) is 25.9. The number of hydrogen-bond acceptors (Lipinski definition) is 4. The first-order valence-corrected chi connectivity index (χ1v) is 13.1. The monoisotopic (exact) mass is 531 g/mol. The lowest BCUT2D eigenvalue weighted by molar-refractivity contribution is -0.123. The standard InChI is InChI=1S/C30H30ClN3O4/c1-30(2)28(36)34(24-12-13-25(26(31)19-24)27(35)32-14-16-38-17-15-32)29(37)33(30)20-23-11-7-6-10-22(23)18-21-8-4-3-5-9-21/h3-13,19H,14-18,20H2,1-2H3. The molecule has 7 nitrogen and oxygen atoms in total. The van der Waals surface area contributed by atoms with Gasteiger partial charge in [0.15, 0.2) is 0 Å². The van der Waals surface area contributed by atoms with Crippen molar-refractivity contribution in [3.63, 3.8) is 0 Å². The molecule has 2 aliphatic heterocycles. The average molecular weight is 532 g/mol. The molecule has 2 saturated heterocycles. The molecule has 196 valence electrons.